The van der Waals surface area contributed by atoms with Crippen molar-refractivity contribution in [3.05, 3.63) is 18.0 Å². The number of aryl methyl sites for hydroxylation is 1. The lowest BCUT2D eigenvalue weighted by molar-refractivity contribution is 0.0934. The van der Waals surface area contributed by atoms with Crippen LogP contribution in [0.2, 0.25) is 0 Å². The van der Waals surface area contributed by atoms with Crippen LogP contribution in [0, 0.1) is 0 Å². The van der Waals surface area contributed by atoms with Gasteiger partial charge in [0.05, 0.1) is 5.69 Å². The van der Waals surface area contributed by atoms with Crippen LogP contribution in [0.1, 0.15) is 30.8 Å². The molecule has 1 amide bonds. The van der Waals surface area contributed by atoms with Crippen LogP contribution >= 0.6 is 11.8 Å². The van der Waals surface area contributed by atoms with Crippen LogP contribution in [0.3, 0.4) is 0 Å². The molecule has 0 aromatic carbocycles. The van der Waals surface area contributed by atoms with Gasteiger partial charge in [0.25, 0.3) is 5.91 Å². The number of aromatic nitrogens is 1. The molecule has 0 bridgehead atoms. The maximum atomic E-state index is 12.0. The van der Waals surface area contributed by atoms with Gasteiger partial charge in [-0.1, -0.05) is 6.92 Å². The molecule has 1 atom stereocenters. The first-order chi connectivity index (χ1) is 8.08. The summed E-state index contributed by atoms with van der Waals surface area (Å²) >= 11 is 1.72. The van der Waals surface area contributed by atoms with Crippen molar-refractivity contribution in [3.63, 3.8) is 0 Å². The van der Waals surface area contributed by atoms with E-state index in [-0.39, 0.29) is 11.9 Å². The lowest BCUT2D eigenvalue weighted by Gasteiger charge is -2.13. The van der Waals surface area contributed by atoms with Gasteiger partial charge in [-0.05, 0) is 25.7 Å². The standard InChI is InChI=1S/C12H21N3OS/c1-4-5-15-7-10(13)6-11(15)12(16)14-9(2)8-17-3/h6-7,9H,4-5,8,13H2,1-3H3,(H,14,16). The minimum absolute atomic E-state index is 0.0447. The predicted octanol–water partition coefficient (Wildman–Crippen LogP) is 1.96. The molecule has 17 heavy (non-hydrogen) atoms. The van der Waals surface area contributed by atoms with Crippen molar-refractivity contribution >= 4 is 23.4 Å². The van der Waals surface area contributed by atoms with Crippen molar-refractivity contribution in [2.45, 2.75) is 32.9 Å². The minimum atomic E-state index is -0.0447. The van der Waals surface area contributed by atoms with Crippen molar-refractivity contribution < 1.29 is 4.79 Å². The molecule has 1 rings (SSSR count). The third kappa shape index (κ3) is 4.00. The van der Waals surface area contributed by atoms with Crippen LogP contribution in [0.4, 0.5) is 5.69 Å². The summed E-state index contributed by atoms with van der Waals surface area (Å²) < 4.78 is 1.91. The molecule has 1 aromatic rings. The number of nitrogens with two attached hydrogens (primary N) is 1. The summed E-state index contributed by atoms with van der Waals surface area (Å²) in [6.45, 7) is 4.90. The van der Waals surface area contributed by atoms with E-state index in [1.54, 1.807) is 17.8 Å². The molecular formula is C12H21N3OS. The van der Waals surface area contributed by atoms with Crippen molar-refractivity contribution in [2.24, 2.45) is 0 Å². The van der Waals surface area contributed by atoms with Gasteiger partial charge >= 0.3 is 0 Å². The van der Waals surface area contributed by atoms with Crippen molar-refractivity contribution in [1.29, 1.82) is 0 Å². The highest BCUT2D eigenvalue weighted by molar-refractivity contribution is 7.98. The maximum absolute atomic E-state index is 12.0. The van der Waals surface area contributed by atoms with Gasteiger partial charge in [-0.2, -0.15) is 11.8 Å². The molecule has 96 valence electrons. The molecular weight excluding hydrogens is 234 g/mol. The van der Waals surface area contributed by atoms with E-state index in [9.17, 15) is 4.79 Å². The number of hydrogen-bond donors (Lipinski definition) is 2. The van der Waals surface area contributed by atoms with E-state index in [4.69, 9.17) is 5.73 Å². The monoisotopic (exact) mass is 255 g/mol. The molecule has 1 heterocycles. The van der Waals surface area contributed by atoms with Gasteiger partial charge in [-0.25, -0.2) is 0 Å². The Bertz CT molecular complexity index is 376. The van der Waals surface area contributed by atoms with Gasteiger partial charge in [0, 0.05) is 24.5 Å². The molecule has 5 heteroatoms. The first-order valence-corrected chi connectivity index (χ1v) is 7.23. The first kappa shape index (κ1) is 14.0. The van der Waals surface area contributed by atoms with Crippen molar-refractivity contribution in [2.75, 3.05) is 17.7 Å². The number of nitrogens with zero attached hydrogens (tertiary/aromatic N) is 1. The van der Waals surface area contributed by atoms with Crippen LogP contribution in [0.15, 0.2) is 12.3 Å². The molecule has 3 N–H and O–H groups in total. The topological polar surface area (TPSA) is 60.0 Å². The molecule has 4 nitrogen and oxygen atoms in total. The fourth-order valence-corrected chi connectivity index (χ4v) is 2.32. The number of nitrogens with one attached hydrogen (secondary N) is 1. The highest BCUT2D eigenvalue weighted by Crippen LogP contribution is 2.11. The van der Waals surface area contributed by atoms with Crippen LogP contribution < -0.4 is 11.1 Å². The van der Waals surface area contributed by atoms with Gasteiger partial charge in [-0.15, -0.1) is 0 Å². The number of rotatable bonds is 6. The lowest BCUT2D eigenvalue weighted by Crippen LogP contribution is -2.35. The molecule has 0 spiro atoms. The Balaban J connectivity index is 2.73. The second-order valence-corrected chi connectivity index (χ2v) is 5.09. The Morgan fingerprint density at radius 2 is 2.35 bits per heavy atom. The first-order valence-electron chi connectivity index (χ1n) is 5.84. The average molecular weight is 255 g/mol. The molecule has 1 unspecified atom stereocenters. The summed E-state index contributed by atoms with van der Waals surface area (Å²) in [5, 5.41) is 2.97. The fraction of sp³-hybridized carbons (Fsp3) is 0.583. The SMILES string of the molecule is CCCn1cc(N)cc1C(=O)NC(C)CSC. The Hall–Kier alpha value is -1.10. The summed E-state index contributed by atoms with van der Waals surface area (Å²) in [6, 6.07) is 1.90. The highest BCUT2D eigenvalue weighted by atomic mass is 32.2. The molecule has 0 aliphatic rings. The third-order valence-corrected chi connectivity index (χ3v) is 3.24. The van der Waals surface area contributed by atoms with Gasteiger partial charge in [0.1, 0.15) is 5.69 Å². The quantitative estimate of drug-likeness (QED) is 0.817. The lowest BCUT2D eigenvalue weighted by atomic mass is 10.3. The summed E-state index contributed by atoms with van der Waals surface area (Å²) in [7, 11) is 0. The number of carbonyl (C=O) groups excluding carboxylic acids is 1. The normalized spacial score (nSPS) is 12.4. The summed E-state index contributed by atoms with van der Waals surface area (Å²) in [5.74, 6) is 0.868. The second kappa shape index (κ2) is 6.59. The molecule has 0 saturated carbocycles. The maximum Gasteiger partial charge on any atom is 0.268 e. The number of hydrogen-bond acceptors (Lipinski definition) is 3. The Morgan fingerprint density at radius 3 is 2.94 bits per heavy atom. The van der Waals surface area contributed by atoms with E-state index in [2.05, 4.69) is 12.2 Å². The zero-order valence-electron chi connectivity index (χ0n) is 10.7. The molecule has 0 saturated heterocycles. The summed E-state index contributed by atoms with van der Waals surface area (Å²) in [5.41, 5.74) is 7.02. The van der Waals surface area contributed by atoms with E-state index in [1.807, 2.05) is 23.9 Å². The van der Waals surface area contributed by atoms with Crippen molar-refractivity contribution in [3.8, 4) is 0 Å². The minimum Gasteiger partial charge on any atom is -0.397 e. The second-order valence-electron chi connectivity index (χ2n) is 4.18. The van der Waals surface area contributed by atoms with Crippen LogP contribution in [0.25, 0.3) is 0 Å². The number of anilines is 1. The largest absolute Gasteiger partial charge is 0.397 e. The molecule has 0 fully saturated rings. The van der Waals surface area contributed by atoms with Crippen LogP contribution in [0.5, 0.6) is 0 Å². The van der Waals surface area contributed by atoms with E-state index in [0.717, 1.165) is 18.7 Å². The van der Waals surface area contributed by atoms with Crippen molar-refractivity contribution in [1.82, 2.24) is 9.88 Å². The number of nitrogen functional groups attached to an aromatic ring is 1. The Kier molecular flexibility index (Phi) is 5.41. The molecule has 1 aromatic heterocycles. The average Bonchev–Trinajstić information content (AvgIpc) is 2.60. The van der Waals surface area contributed by atoms with Gasteiger partial charge in [0.15, 0.2) is 0 Å². The highest BCUT2D eigenvalue weighted by Gasteiger charge is 2.14. The predicted molar refractivity (Wildman–Crippen MR) is 74.4 cm³/mol. The number of amides is 1. The van der Waals surface area contributed by atoms with Crippen LogP contribution in [-0.4, -0.2) is 28.5 Å². The summed E-state index contributed by atoms with van der Waals surface area (Å²) in [4.78, 5) is 12.0. The zero-order chi connectivity index (χ0) is 12.8. The van der Waals surface area contributed by atoms with E-state index < -0.39 is 0 Å². The molecule has 0 aliphatic carbocycles. The third-order valence-electron chi connectivity index (χ3n) is 2.41. The van der Waals surface area contributed by atoms with Gasteiger partial charge in [-0.3, -0.25) is 4.79 Å². The fourth-order valence-electron chi connectivity index (χ4n) is 1.74. The van der Waals surface area contributed by atoms with E-state index in [0.29, 0.717) is 11.4 Å². The van der Waals surface area contributed by atoms with E-state index in [1.165, 1.54) is 0 Å². The van der Waals surface area contributed by atoms with Gasteiger partial charge < -0.3 is 15.6 Å². The number of thioether (sulfide) groups is 1. The Labute approximate surface area is 107 Å². The van der Waals surface area contributed by atoms with E-state index >= 15 is 0 Å². The van der Waals surface area contributed by atoms with Crippen LogP contribution in [-0.2, 0) is 6.54 Å². The molecule has 0 radical (unpaired) electrons. The van der Waals surface area contributed by atoms with Gasteiger partial charge in [0.2, 0.25) is 0 Å². The summed E-state index contributed by atoms with van der Waals surface area (Å²) in [6.07, 6.45) is 4.83. The zero-order valence-corrected chi connectivity index (χ0v) is 11.5. The molecule has 0 aliphatic heterocycles. The Morgan fingerprint density at radius 1 is 1.65 bits per heavy atom. The number of carbonyl (C=O) groups is 1. The smallest absolute Gasteiger partial charge is 0.268 e.